The molecule has 0 saturated heterocycles. The summed E-state index contributed by atoms with van der Waals surface area (Å²) in [6, 6.07) is 4.28. The van der Waals surface area contributed by atoms with Gasteiger partial charge in [0.2, 0.25) is 11.8 Å². The Morgan fingerprint density at radius 1 is 1.37 bits per heavy atom. The molecule has 0 aliphatic heterocycles. The van der Waals surface area contributed by atoms with E-state index in [9.17, 15) is 9.59 Å². The number of nitrogens with one attached hydrogen (secondary N) is 1. The molecular formula is C12H15Cl2N3O2. The fraction of sp³-hybridized carbons (Fsp3) is 0.333. The first-order valence-corrected chi connectivity index (χ1v) is 6.31. The van der Waals surface area contributed by atoms with E-state index >= 15 is 0 Å². The van der Waals surface area contributed by atoms with E-state index in [0.29, 0.717) is 15.7 Å². The van der Waals surface area contributed by atoms with Gasteiger partial charge in [0.15, 0.2) is 0 Å². The Morgan fingerprint density at radius 2 is 2.00 bits per heavy atom. The molecule has 0 unspecified atom stereocenters. The summed E-state index contributed by atoms with van der Waals surface area (Å²) in [7, 11) is 1.64. The van der Waals surface area contributed by atoms with E-state index in [2.05, 4.69) is 5.32 Å². The third kappa shape index (κ3) is 4.70. The van der Waals surface area contributed by atoms with Crippen LogP contribution in [0.5, 0.6) is 0 Å². The van der Waals surface area contributed by atoms with Crippen molar-refractivity contribution in [2.45, 2.75) is 13.0 Å². The molecule has 0 saturated carbocycles. The van der Waals surface area contributed by atoms with Gasteiger partial charge in [-0.05, 0) is 32.2 Å². The number of anilines is 1. The summed E-state index contributed by atoms with van der Waals surface area (Å²) >= 11 is 11.6. The van der Waals surface area contributed by atoms with Crippen LogP contribution < -0.4 is 11.1 Å². The summed E-state index contributed by atoms with van der Waals surface area (Å²) in [6.07, 6.45) is 0. The van der Waals surface area contributed by atoms with Crippen LogP contribution in [0.15, 0.2) is 18.2 Å². The molecule has 3 N–H and O–H groups in total. The molecule has 0 fully saturated rings. The Bertz CT molecular complexity index is 494. The van der Waals surface area contributed by atoms with Crippen LogP contribution in [0.25, 0.3) is 0 Å². The van der Waals surface area contributed by atoms with Gasteiger partial charge in [0.05, 0.1) is 22.6 Å². The lowest BCUT2D eigenvalue weighted by molar-refractivity contribution is -0.123. The molecule has 0 aliphatic carbocycles. The first-order valence-electron chi connectivity index (χ1n) is 5.55. The molecule has 1 aromatic carbocycles. The van der Waals surface area contributed by atoms with Crippen LogP contribution in [0.4, 0.5) is 5.69 Å². The van der Waals surface area contributed by atoms with Crippen molar-refractivity contribution >= 4 is 40.7 Å². The highest BCUT2D eigenvalue weighted by Gasteiger charge is 2.17. The number of nitrogens with two attached hydrogens (primary N) is 1. The zero-order valence-electron chi connectivity index (χ0n) is 10.6. The molecule has 2 amide bonds. The highest BCUT2D eigenvalue weighted by molar-refractivity contribution is 6.42. The Kier molecular flexibility index (Phi) is 5.60. The van der Waals surface area contributed by atoms with Crippen molar-refractivity contribution in [2.24, 2.45) is 5.73 Å². The molecule has 0 bridgehead atoms. The molecule has 0 spiro atoms. The molecule has 5 nitrogen and oxygen atoms in total. The predicted molar refractivity (Wildman–Crippen MR) is 76.4 cm³/mol. The van der Waals surface area contributed by atoms with E-state index in [-0.39, 0.29) is 12.5 Å². The second-order valence-corrected chi connectivity index (χ2v) is 4.98. The molecule has 1 rings (SSSR count). The highest BCUT2D eigenvalue weighted by Crippen LogP contribution is 2.24. The number of hydrogen-bond donors (Lipinski definition) is 2. The van der Waals surface area contributed by atoms with Gasteiger partial charge in [0, 0.05) is 5.69 Å². The number of nitrogens with zero attached hydrogens (tertiary/aromatic N) is 1. The summed E-state index contributed by atoms with van der Waals surface area (Å²) in [5.41, 5.74) is 5.70. The number of halogens is 2. The van der Waals surface area contributed by atoms with Gasteiger partial charge in [-0.25, -0.2) is 0 Å². The standard InChI is InChI=1S/C12H15Cl2N3O2/c1-7(12(15)19)17(2)6-11(18)16-8-3-4-9(13)10(14)5-8/h3-5,7H,6H2,1-2H3,(H2,15,19)(H,16,18)/t7-/m1/s1. The lowest BCUT2D eigenvalue weighted by atomic mass is 10.2. The van der Waals surface area contributed by atoms with Crippen LogP contribution in [0.3, 0.4) is 0 Å². The number of amides is 2. The van der Waals surface area contributed by atoms with E-state index in [1.165, 1.54) is 0 Å². The van der Waals surface area contributed by atoms with Gasteiger partial charge in [-0.2, -0.15) is 0 Å². The largest absolute Gasteiger partial charge is 0.368 e. The fourth-order valence-electron chi connectivity index (χ4n) is 1.36. The van der Waals surface area contributed by atoms with E-state index in [4.69, 9.17) is 28.9 Å². The SMILES string of the molecule is C[C@H](C(N)=O)N(C)CC(=O)Nc1ccc(Cl)c(Cl)c1. The van der Waals surface area contributed by atoms with Gasteiger partial charge in [-0.3, -0.25) is 14.5 Å². The number of rotatable bonds is 5. The van der Waals surface area contributed by atoms with Crippen LogP contribution >= 0.6 is 23.2 Å². The van der Waals surface area contributed by atoms with E-state index in [1.807, 2.05) is 0 Å². The maximum absolute atomic E-state index is 11.8. The van der Waals surface area contributed by atoms with Crippen LogP contribution in [0.2, 0.25) is 10.0 Å². The zero-order chi connectivity index (χ0) is 14.6. The Balaban J connectivity index is 2.60. The Hall–Kier alpha value is -1.30. The molecule has 0 radical (unpaired) electrons. The van der Waals surface area contributed by atoms with Crippen LogP contribution in [-0.4, -0.2) is 36.3 Å². The minimum Gasteiger partial charge on any atom is -0.368 e. The van der Waals surface area contributed by atoms with Crippen molar-refractivity contribution in [1.29, 1.82) is 0 Å². The van der Waals surface area contributed by atoms with Gasteiger partial charge in [-0.15, -0.1) is 0 Å². The van der Waals surface area contributed by atoms with Gasteiger partial charge in [0.25, 0.3) is 0 Å². The molecule has 1 aromatic rings. The van der Waals surface area contributed by atoms with Crippen molar-refractivity contribution in [3.63, 3.8) is 0 Å². The average molecular weight is 304 g/mol. The summed E-state index contributed by atoms with van der Waals surface area (Å²) in [5, 5.41) is 3.43. The fourth-order valence-corrected chi connectivity index (χ4v) is 1.65. The normalized spacial score (nSPS) is 12.3. The third-order valence-corrected chi connectivity index (χ3v) is 3.41. The molecule has 0 heterocycles. The Labute approximate surface area is 121 Å². The van der Waals surface area contributed by atoms with Crippen molar-refractivity contribution in [3.8, 4) is 0 Å². The second kappa shape index (κ2) is 6.75. The maximum Gasteiger partial charge on any atom is 0.238 e. The summed E-state index contributed by atoms with van der Waals surface area (Å²) < 4.78 is 0. The van der Waals surface area contributed by atoms with Gasteiger partial charge in [0.1, 0.15) is 0 Å². The molecule has 1 atom stereocenters. The third-order valence-electron chi connectivity index (χ3n) is 2.67. The number of carbonyl (C=O) groups is 2. The van der Waals surface area contributed by atoms with E-state index in [0.717, 1.165) is 0 Å². The molecule has 104 valence electrons. The van der Waals surface area contributed by atoms with Crippen LogP contribution in [0, 0.1) is 0 Å². The molecule has 7 heteroatoms. The number of likely N-dealkylation sites (N-methyl/N-ethyl adjacent to an activating group) is 1. The number of benzene rings is 1. The van der Waals surface area contributed by atoms with Crippen LogP contribution in [0.1, 0.15) is 6.92 Å². The topological polar surface area (TPSA) is 75.4 Å². The molecular weight excluding hydrogens is 289 g/mol. The lowest BCUT2D eigenvalue weighted by Crippen LogP contribution is -2.43. The zero-order valence-corrected chi connectivity index (χ0v) is 12.1. The van der Waals surface area contributed by atoms with Crippen molar-refractivity contribution in [3.05, 3.63) is 28.2 Å². The lowest BCUT2D eigenvalue weighted by Gasteiger charge is -2.21. The van der Waals surface area contributed by atoms with Crippen molar-refractivity contribution in [1.82, 2.24) is 4.90 Å². The first-order chi connectivity index (χ1) is 8.81. The minimum atomic E-state index is -0.514. The van der Waals surface area contributed by atoms with Gasteiger partial charge >= 0.3 is 0 Å². The summed E-state index contributed by atoms with van der Waals surface area (Å²) in [6.45, 7) is 1.68. The number of hydrogen-bond acceptors (Lipinski definition) is 3. The number of primary amides is 1. The van der Waals surface area contributed by atoms with Crippen molar-refractivity contribution < 1.29 is 9.59 Å². The smallest absolute Gasteiger partial charge is 0.238 e. The first kappa shape index (κ1) is 15.8. The summed E-state index contributed by atoms with van der Waals surface area (Å²) in [4.78, 5) is 24.3. The predicted octanol–water partition coefficient (Wildman–Crippen LogP) is 1.74. The molecule has 19 heavy (non-hydrogen) atoms. The second-order valence-electron chi connectivity index (χ2n) is 4.17. The maximum atomic E-state index is 11.8. The quantitative estimate of drug-likeness (QED) is 0.870. The van der Waals surface area contributed by atoms with Crippen LogP contribution in [-0.2, 0) is 9.59 Å². The minimum absolute atomic E-state index is 0.0460. The van der Waals surface area contributed by atoms with Crippen molar-refractivity contribution in [2.75, 3.05) is 18.9 Å². The summed E-state index contributed by atoms with van der Waals surface area (Å²) in [5.74, 6) is -0.751. The van der Waals surface area contributed by atoms with E-state index < -0.39 is 11.9 Å². The van der Waals surface area contributed by atoms with E-state index in [1.54, 1.807) is 37.1 Å². The molecule has 0 aliphatic rings. The highest BCUT2D eigenvalue weighted by atomic mass is 35.5. The number of carbonyl (C=O) groups excluding carboxylic acids is 2. The monoisotopic (exact) mass is 303 g/mol. The Morgan fingerprint density at radius 3 is 2.53 bits per heavy atom. The van der Waals surface area contributed by atoms with Gasteiger partial charge < -0.3 is 11.1 Å². The molecule has 0 aromatic heterocycles. The van der Waals surface area contributed by atoms with Gasteiger partial charge in [-0.1, -0.05) is 23.2 Å². The average Bonchev–Trinajstić information content (AvgIpc) is 2.32.